The minimum Gasteiger partial charge on any atom is -0.333 e. The number of fused-ring (bicyclic) bond motifs is 8. The van der Waals surface area contributed by atoms with E-state index in [9.17, 15) is 0 Å². The van der Waals surface area contributed by atoms with Gasteiger partial charge in [0.15, 0.2) is 0 Å². The van der Waals surface area contributed by atoms with Crippen LogP contribution in [0.3, 0.4) is 0 Å². The highest BCUT2D eigenvalue weighted by Crippen LogP contribution is 2.52. The van der Waals surface area contributed by atoms with Gasteiger partial charge in [-0.25, -0.2) is 0 Å². The second-order valence-electron chi connectivity index (χ2n) is 14.5. The van der Waals surface area contributed by atoms with Crippen molar-refractivity contribution in [1.29, 1.82) is 0 Å². The largest absolute Gasteiger partial charge is 0.333 e. The smallest absolute Gasteiger partial charge is 0.0635 e. The van der Waals surface area contributed by atoms with E-state index in [4.69, 9.17) is 0 Å². The van der Waals surface area contributed by atoms with Crippen molar-refractivity contribution in [2.75, 3.05) is 9.80 Å². The Morgan fingerprint density at radius 1 is 0.455 bits per heavy atom. The van der Waals surface area contributed by atoms with Crippen LogP contribution in [-0.2, 0) is 0 Å². The summed E-state index contributed by atoms with van der Waals surface area (Å²) in [5.74, 6) is 0.240. The molecular formula is C52H36N2S. The van der Waals surface area contributed by atoms with Crippen molar-refractivity contribution in [2.45, 2.75) is 12.0 Å². The van der Waals surface area contributed by atoms with E-state index in [1.807, 2.05) is 11.3 Å². The third-order valence-corrected chi connectivity index (χ3v) is 12.5. The van der Waals surface area contributed by atoms with Crippen molar-refractivity contribution < 1.29 is 0 Å². The lowest BCUT2D eigenvalue weighted by Crippen LogP contribution is -2.30. The molecule has 8 aromatic carbocycles. The first-order chi connectivity index (χ1) is 27.3. The average Bonchev–Trinajstić information content (AvgIpc) is 3.80. The molecule has 2 aliphatic rings. The van der Waals surface area contributed by atoms with Crippen LogP contribution in [0.1, 0.15) is 22.6 Å². The summed E-state index contributed by atoms with van der Waals surface area (Å²) >= 11 is 1.86. The Hall–Kier alpha value is -6.68. The van der Waals surface area contributed by atoms with E-state index in [-0.39, 0.29) is 12.0 Å². The molecule has 55 heavy (non-hydrogen) atoms. The van der Waals surface area contributed by atoms with Crippen LogP contribution in [0.5, 0.6) is 0 Å². The number of anilines is 5. The van der Waals surface area contributed by atoms with E-state index < -0.39 is 0 Å². The van der Waals surface area contributed by atoms with Gasteiger partial charge in [0.2, 0.25) is 0 Å². The summed E-state index contributed by atoms with van der Waals surface area (Å²) in [5.41, 5.74) is 14.8. The Bertz CT molecular complexity index is 2910. The van der Waals surface area contributed by atoms with E-state index in [1.54, 1.807) is 0 Å². The van der Waals surface area contributed by atoms with E-state index in [0.717, 1.165) is 17.1 Å². The van der Waals surface area contributed by atoms with Crippen LogP contribution in [0.2, 0.25) is 0 Å². The van der Waals surface area contributed by atoms with Crippen LogP contribution in [0, 0.1) is 0 Å². The summed E-state index contributed by atoms with van der Waals surface area (Å²) in [6.07, 6.45) is 4.80. The summed E-state index contributed by atoms with van der Waals surface area (Å²) in [5, 5.41) is 2.59. The van der Waals surface area contributed by atoms with Gasteiger partial charge < -0.3 is 9.80 Å². The molecule has 3 heteroatoms. The maximum absolute atomic E-state index is 2.52. The zero-order valence-corrected chi connectivity index (χ0v) is 30.9. The minimum absolute atomic E-state index is 0.212. The molecule has 260 valence electrons. The summed E-state index contributed by atoms with van der Waals surface area (Å²) < 4.78 is 2.62. The van der Waals surface area contributed by atoms with Crippen molar-refractivity contribution in [3.05, 3.63) is 217 Å². The molecule has 0 N–H and O–H groups in total. The number of hydrogen-bond donors (Lipinski definition) is 0. The molecule has 11 rings (SSSR count). The quantitative estimate of drug-likeness (QED) is 0.169. The van der Waals surface area contributed by atoms with Crippen LogP contribution in [0.4, 0.5) is 28.4 Å². The van der Waals surface area contributed by atoms with E-state index in [1.165, 1.54) is 70.5 Å². The normalized spacial score (nSPS) is 15.5. The third-order valence-electron chi connectivity index (χ3n) is 11.4. The Morgan fingerprint density at radius 3 is 1.95 bits per heavy atom. The Labute approximate surface area is 325 Å². The van der Waals surface area contributed by atoms with Crippen molar-refractivity contribution in [3.63, 3.8) is 0 Å². The van der Waals surface area contributed by atoms with E-state index in [2.05, 4.69) is 216 Å². The van der Waals surface area contributed by atoms with Gasteiger partial charge in [0.05, 0.1) is 6.04 Å². The number of rotatable bonds is 6. The molecule has 0 saturated heterocycles. The van der Waals surface area contributed by atoms with Gasteiger partial charge in [-0.05, 0) is 106 Å². The van der Waals surface area contributed by atoms with Crippen molar-refractivity contribution >= 4 is 66.0 Å². The molecule has 1 aromatic heterocycles. The SMILES string of the molecule is C1=CC2C(c3ccccc3N2c2ccccc2)c2cccc(-c3cccc(N(c4cccc(-c5ccccc5)c4)c4ccc5sc6ccccc6c5c4)c3)c21. The van der Waals surface area contributed by atoms with Crippen molar-refractivity contribution in [1.82, 2.24) is 0 Å². The van der Waals surface area contributed by atoms with Crippen LogP contribution in [-0.4, -0.2) is 6.04 Å². The molecule has 2 nitrogen and oxygen atoms in total. The fraction of sp³-hybridized carbons (Fsp3) is 0.0385. The highest BCUT2D eigenvalue weighted by Gasteiger charge is 2.41. The molecule has 2 heterocycles. The van der Waals surface area contributed by atoms with Gasteiger partial charge >= 0.3 is 0 Å². The van der Waals surface area contributed by atoms with Gasteiger partial charge in [-0.3, -0.25) is 0 Å². The molecule has 9 aromatic rings. The Balaban J connectivity index is 1.05. The first kappa shape index (κ1) is 31.8. The second-order valence-corrected chi connectivity index (χ2v) is 15.6. The van der Waals surface area contributed by atoms with Gasteiger partial charge in [0.1, 0.15) is 0 Å². The summed E-state index contributed by atoms with van der Waals surface area (Å²) in [7, 11) is 0. The molecule has 2 atom stereocenters. The highest BCUT2D eigenvalue weighted by molar-refractivity contribution is 7.25. The number of benzene rings is 8. The maximum atomic E-state index is 2.52. The van der Waals surface area contributed by atoms with Crippen LogP contribution < -0.4 is 9.80 Å². The minimum atomic E-state index is 0.212. The fourth-order valence-electron chi connectivity index (χ4n) is 8.97. The standard InChI is InChI=1S/C52H36N2S/c1-3-14-35(15-4-1)36-16-11-20-39(32-36)53(41-28-31-51-47(34-41)44-22-8-10-27-50(44)55-51)40-21-12-17-37(33-40)42-24-13-25-45-43(42)29-30-49-52(45)46-23-7-9-26-48(46)54(49)38-18-5-2-6-19-38/h1-34,49,52H. The summed E-state index contributed by atoms with van der Waals surface area (Å²) in [6, 6.07) is 71.3. The predicted octanol–water partition coefficient (Wildman–Crippen LogP) is 14.5. The molecule has 0 bridgehead atoms. The molecule has 1 aliphatic heterocycles. The van der Waals surface area contributed by atoms with Crippen molar-refractivity contribution in [3.8, 4) is 22.3 Å². The Morgan fingerprint density at radius 2 is 1.09 bits per heavy atom. The first-order valence-corrected chi connectivity index (χ1v) is 19.8. The number of nitrogens with zero attached hydrogens (tertiary/aromatic N) is 2. The van der Waals surface area contributed by atoms with Crippen LogP contribution >= 0.6 is 11.3 Å². The lowest BCUT2D eigenvalue weighted by atomic mass is 9.79. The maximum Gasteiger partial charge on any atom is 0.0635 e. The molecular weight excluding hydrogens is 685 g/mol. The molecule has 0 radical (unpaired) electrons. The molecule has 2 unspecified atom stereocenters. The lowest BCUT2D eigenvalue weighted by Gasteiger charge is -2.32. The zero-order chi connectivity index (χ0) is 36.3. The molecule has 0 amide bonds. The predicted molar refractivity (Wildman–Crippen MR) is 235 cm³/mol. The molecule has 1 aliphatic carbocycles. The average molecular weight is 721 g/mol. The lowest BCUT2D eigenvalue weighted by molar-refractivity contribution is 0.725. The fourth-order valence-corrected chi connectivity index (χ4v) is 10.1. The summed E-state index contributed by atoms with van der Waals surface area (Å²) in [6.45, 7) is 0. The van der Waals surface area contributed by atoms with Gasteiger partial charge in [-0.15, -0.1) is 11.3 Å². The number of para-hydroxylation sites is 2. The van der Waals surface area contributed by atoms with Gasteiger partial charge in [0, 0.05) is 54.5 Å². The third kappa shape index (κ3) is 5.31. The topological polar surface area (TPSA) is 6.48 Å². The van der Waals surface area contributed by atoms with Gasteiger partial charge in [0.25, 0.3) is 0 Å². The first-order valence-electron chi connectivity index (χ1n) is 19.0. The number of thiophene rings is 1. The highest BCUT2D eigenvalue weighted by atomic mass is 32.1. The Kier molecular flexibility index (Phi) is 7.53. The van der Waals surface area contributed by atoms with Gasteiger partial charge in [-0.2, -0.15) is 0 Å². The number of hydrogen-bond acceptors (Lipinski definition) is 3. The van der Waals surface area contributed by atoms with Crippen molar-refractivity contribution in [2.24, 2.45) is 0 Å². The summed E-state index contributed by atoms with van der Waals surface area (Å²) in [4.78, 5) is 4.94. The van der Waals surface area contributed by atoms with Gasteiger partial charge in [-0.1, -0.05) is 140 Å². The zero-order valence-electron chi connectivity index (χ0n) is 30.1. The second kappa shape index (κ2) is 13.0. The van der Waals surface area contributed by atoms with Crippen LogP contribution in [0.25, 0.3) is 48.5 Å². The van der Waals surface area contributed by atoms with E-state index in [0.29, 0.717) is 0 Å². The van der Waals surface area contributed by atoms with E-state index >= 15 is 0 Å². The van der Waals surface area contributed by atoms with Crippen LogP contribution in [0.15, 0.2) is 200 Å². The molecule has 0 spiro atoms. The monoisotopic (exact) mass is 720 g/mol. The molecule has 0 saturated carbocycles. The molecule has 0 fully saturated rings.